The second-order valence-electron chi connectivity index (χ2n) is 7.28. The molecule has 0 amide bonds. The van der Waals surface area contributed by atoms with Crippen LogP contribution in [0.25, 0.3) is 0 Å². The summed E-state index contributed by atoms with van der Waals surface area (Å²) in [6.45, 7) is 0.280. The summed E-state index contributed by atoms with van der Waals surface area (Å²) in [5.41, 5.74) is 3.57. The molecule has 0 heterocycles. The first kappa shape index (κ1) is 24.1. The second kappa shape index (κ2) is 11.4. The summed E-state index contributed by atoms with van der Waals surface area (Å²) in [6.07, 6.45) is 1.78. The first-order chi connectivity index (χ1) is 16.5. The number of benzene rings is 4. The van der Waals surface area contributed by atoms with Crippen molar-refractivity contribution in [1.82, 2.24) is 0 Å². The van der Waals surface area contributed by atoms with Crippen molar-refractivity contribution in [2.24, 2.45) is 5.10 Å². The minimum atomic E-state index is 0.280. The molecule has 0 unspecified atom stereocenters. The number of ether oxygens (including phenoxy) is 2. The van der Waals surface area contributed by atoms with Crippen molar-refractivity contribution < 1.29 is 9.47 Å². The zero-order valence-corrected chi connectivity index (χ0v) is 21.4. The van der Waals surface area contributed by atoms with E-state index in [1.54, 1.807) is 25.5 Å². The Morgan fingerprint density at radius 2 is 1.50 bits per heavy atom. The molecule has 0 fully saturated rings. The van der Waals surface area contributed by atoms with Crippen molar-refractivity contribution in [2.45, 2.75) is 6.61 Å². The molecular weight excluding hydrogens is 535 g/mol. The lowest BCUT2D eigenvalue weighted by atomic mass is 10.2. The third-order valence-electron chi connectivity index (χ3n) is 5.00. The molecule has 0 radical (unpaired) electrons. The van der Waals surface area contributed by atoms with E-state index in [-0.39, 0.29) is 6.61 Å². The lowest BCUT2D eigenvalue weighted by Crippen LogP contribution is -2.09. The van der Waals surface area contributed by atoms with E-state index in [0.717, 1.165) is 27.0 Å². The van der Waals surface area contributed by atoms with Gasteiger partial charge in [0.15, 0.2) is 11.5 Å². The van der Waals surface area contributed by atoms with Crippen molar-refractivity contribution in [3.63, 3.8) is 0 Å². The van der Waals surface area contributed by atoms with Crippen LogP contribution in [0.5, 0.6) is 11.5 Å². The zero-order valence-electron chi connectivity index (χ0n) is 18.3. The van der Waals surface area contributed by atoms with Gasteiger partial charge >= 0.3 is 0 Å². The molecular formula is C27H21BrCl2N2O2. The molecule has 0 aliphatic carbocycles. The third-order valence-corrected chi connectivity index (χ3v) is 6.27. The average Bonchev–Trinajstić information content (AvgIpc) is 2.86. The number of nitrogens with zero attached hydrogens (tertiary/aromatic N) is 2. The van der Waals surface area contributed by atoms with E-state index in [4.69, 9.17) is 37.8 Å². The summed E-state index contributed by atoms with van der Waals surface area (Å²) < 4.78 is 12.4. The molecule has 172 valence electrons. The molecule has 34 heavy (non-hydrogen) atoms. The second-order valence-corrected chi connectivity index (χ2v) is 8.97. The van der Waals surface area contributed by atoms with Crippen molar-refractivity contribution in [2.75, 3.05) is 12.1 Å². The van der Waals surface area contributed by atoms with Gasteiger partial charge in [0.25, 0.3) is 0 Å². The highest BCUT2D eigenvalue weighted by Crippen LogP contribution is 2.34. The molecule has 0 aliphatic rings. The van der Waals surface area contributed by atoms with Gasteiger partial charge in [0.2, 0.25) is 0 Å². The highest BCUT2D eigenvalue weighted by atomic mass is 79.9. The van der Waals surface area contributed by atoms with Crippen LogP contribution in [0.3, 0.4) is 0 Å². The topological polar surface area (TPSA) is 34.1 Å². The number of halogens is 3. The molecule has 0 bridgehead atoms. The van der Waals surface area contributed by atoms with Crippen molar-refractivity contribution >= 4 is 56.7 Å². The Labute approximate surface area is 217 Å². The van der Waals surface area contributed by atoms with Crippen LogP contribution < -0.4 is 14.5 Å². The third kappa shape index (κ3) is 5.92. The van der Waals surface area contributed by atoms with Crippen LogP contribution >= 0.6 is 39.1 Å². The first-order valence-corrected chi connectivity index (χ1v) is 12.0. The molecule has 7 heteroatoms. The van der Waals surface area contributed by atoms with E-state index in [9.17, 15) is 0 Å². The SMILES string of the molecule is COc1cc(/C=N/N(c2ccccc2)c2ccccc2)c(Br)cc1OCc1ccc(Cl)cc1Cl. The highest BCUT2D eigenvalue weighted by molar-refractivity contribution is 9.10. The van der Waals surface area contributed by atoms with Gasteiger partial charge < -0.3 is 9.47 Å². The summed E-state index contributed by atoms with van der Waals surface area (Å²) in [6, 6.07) is 29.0. The Balaban J connectivity index is 1.60. The molecule has 0 aliphatic heterocycles. The van der Waals surface area contributed by atoms with Crippen LogP contribution in [-0.4, -0.2) is 13.3 Å². The fourth-order valence-electron chi connectivity index (χ4n) is 3.26. The van der Waals surface area contributed by atoms with Gasteiger partial charge in [-0.05, 0) is 64.5 Å². The Morgan fingerprint density at radius 3 is 2.09 bits per heavy atom. The van der Waals surface area contributed by atoms with E-state index < -0.39 is 0 Å². The lowest BCUT2D eigenvalue weighted by Gasteiger charge is -2.19. The molecule has 0 aromatic heterocycles. The first-order valence-electron chi connectivity index (χ1n) is 10.4. The molecule has 0 saturated carbocycles. The van der Waals surface area contributed by atoms with E-state index in [0.29, 0.717) is 21.5 Å². The Hall–Kier alpha value is -2.99. The van der Waals surface area contributed by atoms with Gasteiger partial charge in [-0.3, -0.25) is 0 Å². The largest absolute Gasteiger partial charge is 0.493 e. The predicted octanol–water partition coefficient (Wildman–Crippen LogP) is 8.52. The number of rotatable bonds is 8. The molecule has 0 spiro atoms. The van der Waals surface area contributed by atoms with E-state index in [2.05, 4.69) is 15.9 Å². The molecule has 0 saturated heterocycles. The molecule has 4 aromatic rings. The predicted molar refractivity (Wildman–Crippen MR) is 144 cm³/mol. The molecule has 4 aromatic carbocycles. The van der Waals surface area contributed by atoms with Crippen molar-refractivity contribution in [3.05, 3.63) is 117 Å². The van der Waals surface area contributed by atoms with Crippen LogP contribution in [0.4, 0.5) is 11.4 Å². The Bertz CT molecular complexity index is 1250. The zero-order chi connectivity index (χ0) is 23.9. The quantitative estimate of drug-likeness (QED) is 0.161. The minimum Gasteiger partial charge on any atom is -0.493 e. The summed E-state index contributed by atoms with van der Waals surface area (Å²) in [4.78, 5) is 0. The maximum absolute atomic E-state index is 6.27. The minimum absolute atomic E-state index is 0.280. The number of hydrogen-bond acceptors (Lipinski definition) is 4. The lowest BCUT2D eigenvalue weighted by molar-refractivity contribution is 0.284. The van der Waals surface area contributed by atoms with Crippen LogP contribution in [0.2, 0.25) is 10.0 Å². The summed E-state index contributed by atoms with van der Waals surface area (Å²) in [5, 5.41) is 7.78. The van der Waals surface area contributed by atoms with Crippen molar-refractivity contribution in [1.29, 1.82) is 0 Å². The van der Waals surface area contributed by atoms with Crippen LogP contribution in [0, 0.1) is 0 Å². The van der Waals surface area contributed by atoms with Gasteiger partial charge in [-0.1, -0.05) is 65.7 Å². The number of hydrogen-bond donors (Lipinski definition) is 0. The monoisotopic (exact) mass is 554 g/mol. The van der Waals surface area contributed by atoms with Gasteiger partial charge in [-0.15, -0.1) is 0 Å². The molecule has 4 nitrogen and oxygen atoms in total. The maximum atomic E-state index is 6.27. The van der Waals surface area contributed by atoms with Gasteiger partial charge in [0, 0.05) is 25.6 Å². The Morgan fingerprint density at radius 1 is 0.853 bits per heavy atom. The van der Waals surface area contributed by atoms with Gasteiger partial charge in [0.05, 0.1) is 24.7 Å². The summed E-state index contributed by atoms with van der Waals surface area (Å²) in [7, 11) is 1.60. The van der Waals surface area contributed by atoms with Gasteiger partial charge in [-0.25, -0.2) is 5.01 Å². The number of para-hydroxylation sites is 2. The van der Waals surface area contributed by atoms with Crippen molar-refractivity contribution in [3.8, 4) is 11.5 Å². The average molecular weight is 556 g/mol. The fraction of sp³-hybridized carbons (Fsp3) is 0.0741. The number of hydrazone groups is 1. The standard InChI is InChI=1S/C27H21BrCl2N2O2/c1-33-26-14-20(24(28)16-27(26)34-18-19-12-13-21(29)15-25(19)30)17-31-32(22-8-4-2-5-9-22)23-10-6-3-7-11-23/h2-17H,18H2,1H3/b31-17+. The highest BCUT2D eigenvalue weighted by Gasteiger charge is 2.12. The van der Waals surface area contributed by atoms with Gasteiger partial charge in [-0.2, -0.15) is 5.10 Å². The molecule has 0 N–H and O–H groups in total. The summed E-state index contributed by atoms with van der Waals surface area (Å²) in [5.74, 6) is 1.17. The number of methoxy groups -OCH3 is 1. The van der Waals surface area contributed by atoms with Crippen LogP contribution in [0.15, 0.2) is 101 Å². The maximum Gasteiger partial charge on any atom is 0.162 e. The number of anilines is 2. The van der Waals surface area contributed by atoms with E-state index in [1.807, 2.05) is 83.9 Å². The fourth-order valence-corrected chi connectivity index (χ4v) is 4.14. The Kier molecular flexibility index (Phi) is 8.12. The smallest absolute Gasteiger partial charge is 0.162 e. The molecule has 4 rings (SSSR count). The summed E-state index contributed by atoms with van der Waals surface area (Å²) >= 11 is 15.9. The van der Waals surface area contributed by atoms with Crippen LogP contribution in [-0.2, 0) is 6.61 Å². The van der Waals surface area contributed by atoms with Gasteiger partial charge in [0.1, 0.15) is 6.61 Å². The van der Waals surface area contributed by atoms with E-state index in [1.165, 1.54) is 0 Å². The van der Waals surface area contributed by atoms with E-state index >= 15 is 0 Å². The van der Waals surface area contributed by atoms with Crippen LogP contribution in [0.1, 0.15) is 11.1 Å². The molecule has 0 atom stereocenters. The normalized spacial score (nSPS) is 10.9.